The molecule has 0 heterocycles. The quantitative estimate of drug-likeness (QED) is 0.694. The number of carbonyl (C=O) groups is 1. The number of unbranched alkanes of at least 4 members (excludes halogenated alkanes) is 3. The molecule has 18 heavy (non-hydrogen) atoms. The lowest BCUT2D eigenvalue weighted by atomic mass is 10.0. The summed E-state index contributed by atoms with van der Waals surface area (Å²) in [6, 6.07) is 7.85. The molecule has 3 nitrogen and oxygen atoms in total. The van der Waals surface area contributed by atoms with E-state index in [2.05, 4.69) is 12.2 Å². The molecule has 1 aromatic carbocycles. The molecule has 0 aliphatic carbocycles. The Balaban J connectivity index is 2.31. The van der Waals surface area contributed by atoms with E-state index in [1.165, 1.54) is 19.3 Å². The van der Waals surface area contributed by atoms with Gasteiger partial charge in [-0.1, -0.05) is 50.5 Å². The van der Waals surface area contributed by atoms with Crippen LogP contribution in [0.15, 0.2) is 24.3 Å². The number of nitrogens with one attached hydrogen (secondary N) is 1. The van der Waals surface area contributed by atoms with Crippen molar-refractivity contribution in [1.29, 1.82) is 0 Å². The molecule has 1 aromatic rings. The summed E-state index contributed by atoms with van der Waals surface area (Å²) >= 11 is 0. The van der Waals surface area contributed by atoms with E-state index >= 15 is 0 Å². The largest absolute Gasteiger partial charge is 0.356 e. The van der Waals surface area contributed by atoms with Gasteiger partial charge >= 0.3 is 0 Å². The van der Waals surface area contributed by atoms with Gasteiger partial charge in [0.15, 0.2) is 0 Å². The van der Waals surface area contributed by atoms with Crippen LogP contribution < -0.4 is 11.1 Å². The molecule has 0 unspecified atom stereocenters. The summed E-state index contributed by atoms with van der Waals surface area (Å²) in [7, 11) is 0. The molecule has 1 rings (SSSR count). The molecule has 3 N–H and O–H groups in total. The van der Waals surface area contributed by atoms with Gasteiger partial charge in [0.1, 0.15) is 0 Å². The van der Waals surface area contributed by atoms with Gasteiger partial charge in [-0.05, 0) is 17.5 Å². The van der Waals surface area contributed by atoms with Gasteiger partial charge in [-0.2, -0.15) is 0 Å². The van der Waals surface area contributed by atoms with Crippen molar-refractivity contribution in [1.82, 2.24) is 5.32 Å². The lowest BCUT2D eigenvalue weighted by Crippen LogP contribution is -2.26. The number of hydrogen-bond acceptors (Lipinski definition) is 2. The normalized spacial score (nSPS) is 10.3. The van der Waals surface area contributed by atoms with Crippen LogP contribution in [0.3, 0.4) is 0 Å². The Hall–Kier alpha value is -1.35. The summed E-state index contributed by atoms with van der Waals surface area (Å²) in [5, 5.41) is 2.96. The highest BCUT2D eigenvalue weighted by Crippen LogP contribution is 2.08. The standard InChI is InChI=1S/C15H24N2O/c1-2-3-4-7-10-17-15(18)11-13-8-5-6-9-14(13)12-16/h5-6,8-9H,2-4,7,10-12,16H2,1H3,(H,17,18). The van der Waals surface area contributed by atoms with Crippen LogP contribution in [0.5, 0.6) is 0 Å². The van der Waals surface area contributed by atoms with E-state index in [0.717, 1.165) is 24.1 Å². The average Bonchev–Trinajstić information content (AvgIpc) is 2.39. The smallest absolute Gasteiger partial charge is 0.224 e. The van der Waals surface area contributed by atoms with E-state index in [1.807, 2.05) is 24.3 Å². The minimum atomic E-state index is 0.0902. The van der Waals surface area contributed by atoms with E-state index in [4.69, 9.17) is 5.73 Å². The maximum absolute atomic E-state index is 11.8. The van der Waals surface area contributed by atoms with Gasteiger partial charge in [-0.3, -0.25) is 4.79 Å². The van der Waals surface area contributed by atoms with Crippen molar-refractivity contribution in [2.75, 3.05) is 6.54 Å². The topological polar surface area (TPSA) is 55.1 Å². The second-order valence-electron chi connectivity index (χ2n) is 4.56. The van der Waals surface area contributed by atoms with E-state index in [0.29, 0.717) is 13.0 Å². The summed E-state index contributed by atoms with van der Waals surface area (Å²) < 4.78 is 0. The van der Waals surface area contributed by atoms with Gasteiger partial charge in [0, 0.05) is 13.1 Å². The number of benzene rings is 1. The van der Waals surface area contributed by atoms with Gasteiger partial charge in [-0.25, -0.2) is 0 Å². The van der Waals surface area contributed by atoms with Crippen molar-refractivity contribution in [2.45, 2.75) is 45.6 Å². The zero-order valence-electron chi connectivity index (χ0n) is 11.2. The zero-order chi connectivity index (χ0) is 13.2. The second-order valence-corrected chi connectivity index (χ2v) is 4.56. The zero-order valence-corrected chi connectivity index (χ0v) is 11.2. The first kappa shape index (κ1) is 14.7. The Kier molecular flexibility index (Phi) is 7.11. The van der Waals surface area contributed by atoms with Crippen molar-refractivity contribution >= 4 is 5.91 Å². The van der Waals surface area contributed by atoms with Crippen LogP contribution in [-0.4, -0.2) is 12.5 Å². The minimum absolute atomic E-state index is 0.0902. The summed E-state index contributed by atoms with van der Waals surface area (Å²) in [6.45, 7) is 3.45. The Morgan fingerprint density at radius 3 is 2.56 bits per heavy atom. The van der Waals surface area contributed by atoms with E-state index in [-0.39, 0.29) is 5.91 Å². The lowest BCUT2D eigenvalue weighted by Gasteiger charge is -2.08. The molecule has 100 valence electrons. The average molecular weight is 248 g/mol. The monoisotopic (exact) mass is 248 g/mol. The van der Waals surface area contributed by atoms with Gasteiger partial charge < -0.3 is 11.1 Å². The lowest BCUT2D eigenvalue weighted by molar-refractivity contribution is -0.120. The van der Waals surface area contributed by atoms with Crippen LogP contribution in [0.2, 0.25) is 0 Å². The van der Waals surface area contributed by atoms with Crippen LogP contribution in [-0.2, 0) is 17.8 Å². The minimum Gasteiger partial charge on any atom is -0.356 e. The third kappa shape index (κ3) is 5.32. The molecule has 0 aromatic heterocycles. The molecule has 0 bridgehead atoms. The van der Waals surface area contributed by atoms with Crippen LogP contribution in [0.1, 0.15) is 43.7 Å². The predicted molar refractivity (Wildman–Crippen MR) is 75.2 cm³/mol. The first-order chi connectivity index (χ1) is 8.77. The highest BCUT2D eigenvalue weighted by molar-refractivity contribution is 5.78. The molecule has 0 fully saturated rings. The second kappa shape index (κ2) is 8.70. The first-order valence-electron chi connectivity index (χ1n) is 6.81. The van der Waals surface area contributed by atoms with Crippen molar-refractivity contribution in [2.24, 2.45) is 5.73 Å². The molecular formula is C15H24N2O. The van der Waals surface area contributed by atoms with Crippen LogP contribution in [0.25, 0.3) is 0 Å². The van der Waals surface area contributed by atoms with Crippen molar-refractivity contribution < 1.29 is 4.79 Å². The highest BCUT2D eigenvalue weighted by atomic mass is 16.1. The van der Waals surface area contributed by atoms with Crippen LogP contribution in [0.4, 0.5) is 0 Å². The van der Waals surface area contributed by atoms with Crippen LogP contribution in [0, 0.1) is 0 Å². The third-order valence-electron chi connectivity index (χ3n) is 3.04. The van der Waals surface area contributed by atoms with Gasteiger partial charge in [0.25, 0.3) is 0 Å². The highest BCUT2D eigenvalue weighted by Gasteiger charge is 2.05. The Morgan fingerprint density at radius 1 is 1.17 bits per heavy atom. The van der Waals surface area contributed by atoms with Gasteiger partial charge in [0.2, 0.25) is 5.91 Å². The summed E-state index contributed by atoms with van der Waals surface area (Å²) in [5.41, 5.74) is 7.74. The first-order valence-corrected chi connectivity index (χ1v) is 6.81. The van der Waals surface area contributed by atoms with Gasteiger partial charge in [-0.15, -0.1) is 0 Å². The van der Waals surface area contributed by atoms with E-state index in [9.17, 15) is 4.79 Å². The fourth-order valence-corrected chi connectivity index (χ4v) is 1.94. The summed E-state index contributed by atoms with van der Waals surface area (Å²) in [4.78, 5) is 11.8. The fraction of sp³-hybridized carbons (Fsp3) is 0.533. The number of carbonyl (C=O) groups excluding carboxylic acids is 1. The molecule has 1 amide bonds. The molecule has 0 aliphatic heterocycles. The molecule has 0 aliphatic rings. The molecule has 0 atom stereocenters. The van der Waals surface area contributed by atoms with Crippen molar-refractivity contribution in [3.63, 3.8) is 0 Å². The number of rotatable bonds is 8. The molecule has 0 radical (unpaired) electrons. The Morgan fingerprint density at radius 2 is 1.89 bits per heavy atom. The SMILES string of the molecule is CCCCCCNC(=O)Cc1ccccc1CN. The maximum Gasteiger partial charge on any atom is 0.224 e. The fourth-order valence-electron chi connectivity index (χ4n) is 1.94. The number of amides is 1. The Labute approximate surface area is 110 Å². The van der Waals surface area contributed by atoms with E-state index < -0.39 is 0 Å². The Bertz CT molecular complexity index is 363. The molecular weight excluding hydrogens is 224 g/mol. The predicted octanol–water partition coefficient (Wildman–Crippen LogP) is 2.38. The number of hydrogen-bond donors (Lipinski definition) is 2. The summed E-state index contributed by atoms with van der Waals surface area (Å²) in [5.74, 6) is 0.0902. The molecule has 3 heteroatoms. The number of nitrogens with two attached hydrogens (primary N) is 1. The van der Waals surface area contributed by atoms with Crippen molar-refractivity contribution in [3.05, 3.63) is 35.4 Å². The summed E-state index contributed by atoms with van der Waals surface area (Å²) in [6.07, 6.45) is 5.15. The molecule has 0 saturated carbocycles. The maximum atomic E-state index is 11.8. The van der Waals surface area contributed by atoms with Crippen molar-refractivity contribution in [3.8, 4) is 0 Å². The molecule has 0 spiro atoms. The molecule has 0 saturated heterocycles. The van der Waals surface area contributed by atoms with E-state index in [1.54, 1.807) is 0 Å². The third-order valence-corrected chi connectivity index (χ3v) is 3.04. The van der Waals surface area contributed by atoms with Crippen LogP contribution >= 0.6 is 0 Å². The van der Waals surface area contributed by atoms with Gasteiger partial charge in [0.05, 0.1) is 6.42 Å².